The Balaban J connectivity index is 0.00000636. The van der Waals surface area contributed by atoms with Crippen LogP contribution in [0.3, 0.4) is 0 Å². The van der Waals surface area contributed by atoms with Gasteiger partial charge in [0.05, 0.1) is 67.4 Å². The van der Waals surface area contributed by atoms with Crippen LogP contribution in [-0.4, -0.2) is 68.1 Å². The average molecular weight is 1210 g/mol. The van der Waals surface area contributed by atoms with E-state index in [2.05, 4.69) is 192 Å². The molecular weight excluding hydrogens is 1150 g/mol. The molecule has 16 nitrogen and oxygen atoms in total. The van der Waals surface area contributed by atoms with Gasteiger partial charge in [0.15, 0.2) is 0 Å². The number of imidazole rings is 4. The van der Waals surface area contributed by atoms with E-state index in [-0.39, 0.29) is 19.5 Å². The van der Waals surface area contributed by atoms with Gasteiger partial charge in [0.2, 0.25) is 0 Å². The fourth-order valence-corrected chi connectivity index (χ4v) is 13.2. The first-order valence-electron chi connectivity index (χ1n) is 30.5. The van der Waals surface area contributed by atoms with Gasteiger partial charge in [-0.1, -0.05) is 149 Å². The van der Waals surface area contributed by atoms with Crippen molar-refractivity contribution < 1.29 is 19.5 Å². The van der Waals surface area contributed by atoms with Crippen LogP contribution in [0.1, 0.15) is 53.4 Å². The molecule has 8 aromatic carbocycles. The van der Waals surface area contributed by atoms with E-state index in [1.165, 1.54) is 0 Å². The second-order valence-corrected chi connectivity index (χ2v) is 22.8. The molecule has 89 heavy (non-hydrogen) atoms. The minimum Gasteiger partial charge on any atom is -0.357 e. The molecule has 0 aliphatic carbocycles. The molecule has 2 aliphatic rings. The third-order valence-electron chi connectivity index (χ3n) is 17.1. The molecule has 0 unspecified atom stereocenters. The number of benzene rings is 8. The van der Waals surface area contributed by atoms with Crippen molar-refractivity contribution in [1.29, 1.82) is 0 Å². The Kier molecular flexibility index (Phi) is 13.1. The first-order chi connectivity index (χ1) is 43.4. The van der Waals surface area contributed by atoms with Crippen LogP contribution in [0.5, 0.6) is 0 Å². The minimum absolute atomic E-state index is 0. The fraction of sp³-hybridized carbons (Fsp3) is 0.167. The van der Waals surface area contributed by atoms with E-state index >= 15 is 0 Å². The van der Waals surface area contributed by atoms with Crippen molar-refractivity contribution in [2.75, 3.05) is 0 Å². The molecule has 0 atom stereocenters. The van der Waals surface area contributed by atoms with E-state index in [1.54, 1.807) is 0 Å². The number of aryl methyl sites for hydroxylation is 4. The van der Waals surface area contributed by atoms with Gasteiger partial charge in [-0.3, -0.25) is 0 Å². The number of rotatable bonds is 12. The third-order valence-corrected chi connectivity index (χ3v) is 17.1. The maximum absolute atomic E-state index is 5.54. The maximum atomic E-state index is 5.54. The zero-order valence-electron chi connectivity index (χ0n) is 49.7. The fourth-order valence-electron chi connectivity index (χ4n) is 13.2. The normalized spacial score (nSPS) is 12.1. The largest absolute Gasteiger partial charge is 2.00 e. The summed E-state index contributed by atoms with van der Waals surface area (Å²) < 4.78 is 9.22. The van der Waals surface area contributed by atoms with Gasteiger partial charge in [-0.25, -0.2) is 29.9 Å². The second kappa shape index (κ2) is 21.5. The molecule has 0 amide bonds. The summed E-state index contributed by atoms with van der Waals surface area (Å²) >= 11 is 0. The molecular formula is C72H56N16Zn. The predicted octanol–water partition coefficient (Wildman–Crippen LogP) is 15.8. The van der Waals surface area contributed by atoms with Crippen molar-refractivity contribution >= 4 is 88.3 Å². The summed E-state index contributed by atoms with van der Waals surface area (Å²) in [5.41, 5.74) is 16.2. The molecule has 0 saturated carbocycles. The number of hydrogen-bond acceptors (Lipinski definition) is 10. The molecule has 8 bridgehead atoms. The number of fused-ring (bicyclic) bond motifs is 24. The van der Waals surface area contributed by atoms with Crippen LogP contribution in [0.2, 0.25) is 0 Å². The summed E-state index contributed by atoms with van der Waals surface area (Å²) in [6.07, 6.45) is 3.62. The molecule has 0 fully saturated rings. The Morgan fingerprint density at radius 2 is 0.528 bits per heavy atom. The van der Waals surface area contributed by atoms with E-state index in [0.29, 0.717) is 45.9 Å². The first-order valence-corrected chi connectivity index (χ1v) is 30.5. The van der Waals surface area contributed by atoms with Crippen LogP contribution in [0.4, 0.5) is 0 Å². The van der Waals surface area contributed by atoms with E-state index in [0.717, 1.165) is 185 Å². The van der Waals surface area contributed by atoms with Crippen LogP contribution in [0.15, 0.2) is 170 Å². The molecule has 7 aromatic heterocycles. The van der Waals surface area contributed by atoms with Crippen LogP contribution in [0.25, 0.3) is 179 Å². The standard InChI is InChI=1S/C72H56N16.Zn/c1-5-29-85-57-37-49-45(33-53(57)73-69(85)41-21-13-9-14-22-41)61-77-65(49)81-62-46-34-54-58(86(30-6-2)70(74-54)42-23-15-10-16-24-42)38-50(46)67(78-62)83-64-48-36-56-60(88(32-8-4)72(76-56)44-27-19-12-20-28-44)40-52(48)68(80-64)84-63-47-35-55-59(39-51(47)66(79-63)82-61)87(31-7-3)71(75-55)43-25-17-11-18-26-43;/h9-28,33-40H,5-8,29-32H2,1-4H3;/q-2;+2. The molecule has 17 heteroatoms. The summed E-state index contributed by atoms with van der Waals surface area (Å²) in [6.45, 7) is 11.8. The Morgan fingerprint density at radius 3 is 0.809 bits per heavy atom. The molecule has 15 aromatic rings. The summed E-state index contributed by atoms with van der Waals surface area (Å²) in [7, 11) is 0. The van der Waals surface area contributed by atoms with Gasteiger partial charge in [0.1, 0.15) is 23.3 Å². The minimum atomic E-state index is 0. The molecule has 0 N–H and O–H groups in total. The van der Waals surface area contributed by atoms with Gasteiger partial charge in [0.25, 0.3) is 0 Å². The molecule has 0 radical (unpaired) electrons. The van der Waals surface area contributed by atoms with Crippen LogP contribution in [-0.2, 0) is 45.7 Å². The first kappa shape index (κ1) is 54.0. The summed E-state index contributed by atoms with van der Waals surface area (Å²) in [5, 5.41) is 3.15. The van der Waals surface area contributed by atoms with E-state index in [9.17, 15) is 0 Å². The SMILES string of the molecule is CCCn1c(-c2ccccc2)nc2cc3c(cc21)-c1nc-3nc2[n-]c(nc3nc(nc4[n-]c(n1)c1cc5nc(-c6ccccc6)n(CCC)c5cc41)-c1cc4nc(-c5ccccc5)n(CCC)c4cc1-3)c1cc3nc(-c4ccccc4)n(CCC)c3cc21.[Zn+2]. The van der Waals surface area contributed by atoms with Crippen molar-refractivity contribution in [2.24, 2.45) is 0 Å². The van der Waals surface area contributed by atoms with Gasteiger partial charge in [0, 0.05) is 93.3 Å². The molecule has 2 aliphatic heterocycles. The van der Waals surface area contributed by atoms with Crippen molar-refractivity contribution in [3.63, 3.8) is 0 Å². The van der Waals surface area contributed by atoms with Crippen LogP contribution in [0, 0.1) is 0 Å². The summed E-state index contributed by atoms with van der Waals surface area (Å²) in [6, 6.07) is 58.7. The van der Waals surface area contributed by atoms with Gasteiger partial charge in [-0.05, 0) is 95.8 Å². The van der Waals surface area contributed by atoms with Crippen molar-refractivity contribution in [3.05, 3.63) is 170 Å². The van der Waals surface area contributed by atoms with Gasteiger partial charge in [-0.2, -0.15) is 0 Å². The number of aromatic nitrogens is 16. The molecule has 0 saturated heterocycles. The zero-order valence-corrected chi connectivity index (χ0v) is 52.7. The quantitative estimate of drug-likeness (QED) is 0.106. The molecule has 9 heterocycles. The van der Waals surface area contributed by atoms with Gasteiger partial charge in [-0.15, -0.1) is 0 Å². The Bertz CT molecular complexity index is 5160. The zero-order chi connectivity index (χ0) is 58.7. The summed E-state index contributed by atoms with van der Waals surface area (Å²) in [5.74, 6) is 5.36. The van der Waals surface area contributed by atoms with E-state index < -0.39 is 0 Å². The van der Waals surface area contributed by atoms with Crippen molar-refractivity contribution in [3.8, 4) is 91.1 Å². The topological polar surface area (TPSA) is 177 Å². The predicted molar refractivity (Wildman–Crippen MR) is 350 cm³/mol. The average Bonchev–Trinajstić information content (AvgIpc) is 2.44. The number of nitrogens with zero attached hydrogens (tertiary/aromatic N) is 16. The monoisotopic (exact) mass is 1210 g/mol. The van der Waals surface area contributed by atoms with E-state index in [1.807, 2.05) is 24.3 Å². The number of hydrogen-bond donors (Lipinski definition) is 0. The Morgan fingerprint density at radius 1 is 0.281 bits per heavy atom. The Labute approximate surface area is 523 Å². The van der Waals surface area contributed by atoms with Crippen molar-refractivity contribution in [2.45, 2.75) is 79.6 Å². The smallest absolute Gasteiger partial charge is 0.357 e. The molecule has 17 rings (SSSR count). The van der Waals surface area contributed by atoms with Crippen LogP contribution < -0.4 is 9.97 Å². The molecule has 0 spiro atoms. The third kappa shape index (κ3) is 8.72. The maximum Gasteiger partial charge on any atom is 2.00 e. The Hall–Kier alpha value is -10.4. The van der Waals surface area contributed by atoms with Gasteiger partial charge >= 0.3 is 19.5 Å². The van der Waals surface area contributed by atoms with Crippen LogP contribution >= 0.6 is 0 Å². The molecule has 426 valence electrons. The van der Waals surface area contributed by atoms with E-state index in [4.69, 9.17) is 59.8 Å². The second-order valence-electron chi connectivity index (χ2n) is 22.8. The van der Waals surface area contributed by atoms with Crippen molar-refractivity contribution in [1.82, 2.24) is 78.1 Å². The van der Waals surface area contributed by atoms with Gasteiger partial charge < -0.3 is 48.2 Å². The summed E-state index contributed by atoms with van der Waals surface area (Å²) in [4.78, 5) is 65.3.